The van der Waals surface area contributed by atoms with Crippen LogP contribution in [0.5, 0.6) is 5.75 Å². The molecule has 1 saturated heterocycles. The first-order chi connectivity index (χ1) is 10.7. The van der Waals surface area contributed by atoms with E-state index in [2.05, 4.69) is 32.2 Å². The lowest BCUT2D eigenvalue weighted by Crippen LogP contribution is -2.47. The van der Waals surface area contributed by atoms with E-state index in [1.165, 1.54) is 32.1 Å². The Morgan fingerprint density at radius 2 is 1.86 bits per heavy atom. The Morgan fingerprint density at radius 1 is 1.18 bits per heavy atom. The summed E-state index contributed by atoms with van der Waals surface area (Å²) in [5, 5.41) is 14.2. The van der Waals surface area contributed by atoms with Gasteiger partial charge in [-0.2, -0.15) is 0 Å². The molecule has 1 aromatic rings. The maximum absolute atomic E-state index is 10.7. The van der Waals surface area contributed by atoms with E-state index in [1.54, 1.807) is 0 Å². The third-order valence-corrected chi connectivity index (χ3v) is 5.99. The SMILES string of the molecule is Cc1ccc(Br)c([C@H](C2CCCCC2)N2CCNCC2)c1O. The van der Waals surface area contributed by atoms with Gasteiger partial charge in [0, 0.05) is 42.3 Å². The van der Waals surface area contributed by atoms with Crippen LogP contribution in [0.1, 0.15) is 49.3 Å². The number of phenolic OH excluding ortho intramolecular Hbond substituents is 1. The largest absolute Gasteiger partial charge is 0.507 e. The molecule has 2 fully saturated rings. The number of rotatable bonds is 3. The summed E-state index contributed by atoms with van der Waals surface area (Å²) in [7, 11) is 0. The summed E-state index contributed by atoms with van der Waals surface area (Å²) in [6.07, 6.45) is 6.60. The zero-order valence-corrected chi connectivity index (χ0v) is 15.0. The van der Waals surface area contributed by atoms with Crippen molar-refractivity contribution in [1.29, 1.82) is 0 Å². The van der Waals surface area contributed by atoms with E-state index >= 15 is 0 Å². The number of nitrogens with one attached hydrogen (secondary N) is 1. The lowest BCUT2D eigenvalue weighted by molar-refractivity contribution is 0.101. The molecular formula is C18H27BrN2O. The van der Waals surface area contributed by atoms with Crippen molar-refractivity contribution in [1.82, 2.24) is 10.2 Å². The molecule has 0 amide bonds. The molecule has 22 heavy (non-hydrogen) atoms. The monoisotopic (exact) mass is 366 g/mol. The van der Waals surface area contributed by atoms with Crippen LogP contribution in [0, 0.1) is 12.8 Å². The van der Waals surface area contributed by atoms with Crippen LogP contribution in [-0.4, -0.2) is 36.2 Å². The summed E-state index contributed by atoms with van der Waals surface area (Å²) in [5.74, 6) is 1.15. The Kier molecular flexibility index (Phi) is 5.42. The lowest BCUT2D eigenvalue weighted by atomic mass is 9.79. The highest BCUT2D eigenvalue weighted by Crippen LogP contribution is 2.45. The first-order valence-electron chi connectivity index (χ1n) is 8.61. The van der Waals surface area contributed by atoms with Gasteiger partial charge in [-0.3, -0.25) is 4.90 Å². The molecule has 1 aliphatic heterocycles. The molecule has 1 heterocycles. The third kappa shape index (κ3) is 3.34. The van der Waals surface area contributed by atoms with E-state index in [4.69, 9.17) is 0 Å². The van der Waals surface area contributed by atoms with Crippen molar-refractivity contribution in [3.05, 3.63) is 27.7 Å². The molecule has 4 heteroatoms. The van der Waals surface area contributed by atoms with Crippen LogP contribution in [0.4, 0.5) is 0 Å². The number of halogens is 1. The Bertz CT molecular complexity index is 490. The second-order valence-corrected chi connectivity index (χ2v) is 7.61. The number of aromatic hydroxyl groups is 1. The minimum Gasteiger partial charge on any atom is -0.507 e. The van der Waals surface area contributed by atoms with Crippen molar-refractivity contribution in [3.8, 4) is 5.75 Å². The number of hydrogen-bond donors (Lipinski definition) is 2. The van der Waals surface area contributed by atoms with Crippen LogP contribution in [0.15, 0.2) is 16.6 Å². The molecule has 1 aliphatic carbocycles. The van der Waals surface area contributed by atoms with Crippen molar-refractivity contribution in [3.63, 3.8) is 0 Å². The van der Waals surface area contributed by atoms with Crippen LogP contribution in [0.25, 0.3) is 0 Å². The second-order valence-electron chi connectivity index (χ2n) is 6.76. The molecule has 0 aromatic heterocycles. The zero-order valence-electron chi connectivity index (χ0n) is 13.4. The summed E-state index contributed by atoms with van der Waals surface area (Å²) in [6, 6.07) is 4.44. The molecule has 1 saturated carbocycles. The predicted octanol–water partition coefficient (Wildman–Crippen LogP) is 3.99. The van der Waals surface area contributed by atoms with E-state index in [0.29, 0.717) is 17.7 Å². The molecule has 0 spiro atoms. The fourth-order valence-corrected chi connectivity index (χ4v) is 4.65. The summed E-state index contributed by atoms with van der Waals surface area (Å²) < 4.78 is 1.06. The van der Waals surface area contributed by atoms with Crippen molar-refractivity contribution >= 4 is 15.9 Å². The maximum atomic E-state index is 10.7. The number of aryl methyl sites for hydroxylation is 1. The molecule has 1 aromatic carbocycles. The average Bonchev–Trinajstić information content (AvgIpc) is 2.57. The summed E-state index contributed by atoms with van der Waals surface area (Å²) in [5.41, 5.74) is 2.10. The van der Waals surface area contributed by atoms with Crippen molar-refractivity contribution < 1.29 is 5.11 Å². The molecule has 2 aliphatic rings. The predicted molar refractivity (Wildman–Crippen MR) is 94.3 cm³/mol. The number of benzene rings is 1. The van der Waals surface area contributed by atoms with Gasteiger partial charge in [-0.05, 0) is 37.3 Å². The topological polar surface area (TPSA) is 35.5 Å². The van der Waals surface area contributed by atoms with Crippen molar-refractivity contribution in [2.45, 2.75) is 45.1 Å². The van der Waals surface area contributed by atoms with Crippen molar-refractivity contribution in [2.24, 2.45) is 5.92 Å². The van der Waals surface area contributed by atoms with Crippen LogP contribution < -0.4 is 5.32 Å². The van der Waals surface area contributed by atoms with Gasteiger partial charge >= 0.3 is 0 Å². The Balaban J connectivity index is 1.98. The van der Waals surface area contributed by atoms with E-state index in [-0.39, 0.29) is 0 Å². The molecule has 3 nitrogen and oxygen atoms in total. The fourth-order valence-electron chi connectivity index (χ4n) is 4.10. The molecule has 1 atom stereocenters. The highest BCUT2D eigenvalue weighted by molar-refractivity contribution is 9.10. The Hall–Kier alpha value is -0.580. The van der Waals surface area contributed by atoms with Gasteiger partial charge in [0.25, 0.3) is 0 Å². The zero-order chi connectivity index (χ0) is 15.5. The van der Waals surface area contributed by atoms with Gasteiger partial charge in [0.2, 0.25) is 0 Å². The Labute approximate surface area is 142 Å². The summed E-state index contributed by atoms with van der Waals surface area (Å²) in [4.78, 5) is 2.59. The fraction of sp³-hybridized carbons (Fsp3) is 0.667. The molecule has 0 radical (unpaired) electrons. The van der Waals surface area contributed by atoms with E-state index in [0.717, 1.165) is 41.8 Å². The molecule has 122 valence electrons. The van der Waals surface area contributed by atoms with Crippen LogP contribution >= 0.6 is 15.9 Å². The van der Waals surface area contributed by atoms with Gasteiger partial charge in [-0.1, -0.05) is 41.3 Å². The lowest BCUT2D eigenvalue weighted by Gasteiger charge is -2.42. The normalized spacial score (nSPS) is 22.6. The smallest absolute Gasteiger partial charge is 0.124 e. The summed E-state index contributed by atoms with van der Waals surface area (Å²) in [6.45, 7) is 6.24. The minimum atomic E-state index is 0.344. The average molecular weight is 367 g/mol. The van der Waals surface area contributed by atoms with Crippen LogP contribution in [0.3, 0.4) is 0 Å². The van der Waals surface area contributed by atoms with Gasteiger partial charge in [-0.25, -0.2) is 0 Å². The highest BCUT2D eigenvalue weighted by Gasteiger charge is 2.34. The molecule has 3 rings (SSSR count). The maximum Gasteiger partial charge on any atom is 0.124 e. The standard InChI is InChI=1S/C18H27BrN2O/c1-13-7-8-15(19)16(18(13)22)17(14-5-3-2-4-6-14)21-11-9-20-10-12-21/h7-8,14,17,20,22H,2-6,9-12H2,1H3/t17-/m0/s1. The molecule has 0 unspecified atom stereocenters. The number of hydrogen-bond acceptors (Lipinski definition) is 3. The highest BCUT2D eigenvalue weighted by atomic mass is 79.9. The van der Waals surface area contributed by atoms with E-state index in [1.807, 2.05) is 13.0 Å². The second kappa shape index (κ2) is 7.33. The van der Waals surface area contributed by atoms with Crippen LogP contribution in [0.2, 0.25) is 0 Å². The molecular weight excluding hydrogens is 340 g/mol. The van der Waals surface area contributed by atoms with Gasteiger partial charge in [0.1, 0.15) is 5.75 Å². The van der Waals surface area contributed by atoms with Gasteiger partial charge in [0.15, 0.2) is 0 Å². The summed E-state index contributed by atoms with van der Waals surface area (Å²) >= 11 is 3.71. The van der Waals surface area contributed by atoms with E-state index in [9.17, 15) is 5.11 Å². The van der Waals surface area contributed by atoms with Crippen LogP contribution in [-0.2, 0) is 0 Å². The van der Waals surface area contributed by atoms with Gasteiger partial charge in [0.05, 0.1) is 0 Å². The number of piperazine rings is 1. The minimum absolute atomic E-state index is 0.344. The number of phenols is 1. The molecule has 2 N–H and O–H groups in total. The number of nitrogens with zero attached hydrogens (tertiary/aromatic N) is 1. The van der Waals surface area contributed by atoms with Gasteiger partial charge < -0.3 is 10.4 Å². The van der Waals surface area contributed by atoms with E-state index < -0.39 is 0 Å². The third-order valence-electron chi connectivity index (χ3n) is 5.30. The quantitative estimate of drug-likeness (QED) is 0.848. The van der Waals surface area contributed by atoms with Crippen molar-refractivity contribution in [2.75, 3.05) is 26.2 Å². The first kappa shape index (κ1) is 16.3. The first-order valence-corrected chi connectivity index (χ1v) is 9.40. The molecule has 0 bridgehead atoms. The van der Waals surface area contributed by atoms with Gasteiger partial charge in [-0.15, -0.1) is 0 Å². The Morgan fingerprint density at radius 3 is 2.55 bits per heavy atom.